The molecule has 4 aromatic rings. The average Bonchev–Trinajstić information content (AvgIpc) is 3.53. The fourth-order valence-electron chi connectivity index (χ4n) is 5.17. The number of piperazine rings is 1. The number of aliphatic carboxylic acids is 2. The molecule has 230 valence electrons. The molecule has 0 bridgehead atoms. The van der Waals surface area contributed by atoms with Crippen LogP contribution >= 0.6 is 0 Å². The van der Waals surface area contributed by atoms with Gasteiger partial charge in [0.05, 0.1) is 16.6 Å². The Morgan fingerprint density at radius 2 is 1.36 bits per heavy atom. The summed E-state index contributed by atoms with van der Waals surface area (Å²) in [7, 11) is 0. The van der Waals surface area contributed by atoms with E-state index in [-0.39, 0.29) is 17.7 Å². The van der Waals surface area contributed by atoms with Crippen LogP contribution in [0.15, 0.2) is 84.9 Å². The number of carbonyl (C=O) groups is 5. The maximum Gasteiger partial charge on any atom is 0.328 e. The van der Waals surface area contributed by atoms with Crippen LogP contribution < -0.4 is 4.90 Å². The third kappa shape index (κ3) is 6.78. The third-order valence-electron chi connectivity index (χ3n) is 7.40. The number of imide groups is 1. The van der Waals surface area contributed by atoms with E-state index in [9.17, 15) is 28.4 Å². The van der Waals surface area contributed by atoms with Gasteiger partial charge in [-0.05, 0) is 36.4 Å². The van der Waals surface area contributed by atoms with Gasteiger partial charge in [-0.1, -0.05) is 30.3 Å². The molecule has 0 atom stereocenters. The summed E-state index contributed by atoms with van der Waals surface area (Å²) >= 11 is 0. The average molecular weight is 614 g/mol. The second-order valence-corrected chi connectivity index (χ2v) is 10.2. The fourth-order valence-corrected chi connectivity index (χ4v) is 5.17. The molecule has 2 N–H and O–H groups in total. The molecular weight excluding hydrogens is 585 g/mol. The minimum absolute atomic E-state index is 0.244. The predicted octanol–water partition coefficient (Wildman–Crippen LogP) is 2.99. The number of benzene rings is 3. The number of amides is 2. The van der Waals surface area contributed by atoms with E-state index in [2.05, 4.69) is 14.9 Å². The van der Waals surface area contributed by atoms with Crippen LogP contribution in [0.5, 0.6) is 0 Å². The Morgan fingerprint density at radius 3 is 1.93 bits per heavy atom. The van der Waals surface area contributed by atoms with Crippen LogP contribution in [-0.2, 0) is 9.59 Å². The zero-order chi connectivity index (χ0) is 32.1. The minimum Gasteiger partial charge on any atom is -0.478 e. The van der Waals surface area contributed by atoms with Crippen molar-refractivity contribution in [3.05, 3.63) is 107 Å². The lowest BCUT2D eigenvalue weighted by Crippen LogP contribution is -2.49. The molecule has 3 aromatic carbocycles. The maximum absolute atomic E-state index is 14.1. The number of hydrogen-bond acceptors (Lipinski definition) is 8. The Balaban J connectivity index is 0.000000444. The number of carboxylic acid groups (broad SMARTS) is 2. The standard InChI is InChI=1S/C28H24FN5O3.C4H4O4/c29-20-10-11-23-24(18-20)34(26(35)19-6-2-1-3-7-19)30-25(23)32-15-12-31(13-16-32)14-17-33-27(36)21-8-4-5-9-22(21)28(33)37;5-3(6)1-2-4(7)8/h1-11,18H,12-17H2;1-2H,(H,5,6)(H,7,8)/b;2-1-. The van der Waals surface area contributed by atoms with E-state index in [0.29, 0.717) is 84.8 Å². The maximum atomic E-state index is 14.1. The molecule has 1 fully saturated rings. The van der Waals surface area contributed by atoms with Crippen LogP contribution in [-0.4, -0.2) is 98.7 Å². The first-order chi connectivity index (χ1) is 21.6. The molecule has 0 radical (unpaired) electrons. The largest absolute Gasteiger partial charge is 0.478 e. The van der Waals surface area contributed by atoms with Gasteiger partial charge < -0.3 is 15.1 Å². The van der Waals surface area contributed by atoms with E-state index in [0.717, 1.165) is 0 Å². The Hall–Kier alpha value is -5.69. The van der Waals surface area contributed by atoms with Gasteiger partial charge in [0.15, 0.2) is 5.82 Å². The summed E-state index contributed by atoms with van der Waals surface area (Å²) in [5, 5.41) is 21.0. The van der Waals surface area contributed by atoms with Crippen LogP contribution in [0.3, 0.4) is 0 Å². The van der Waals surface area contributed by atoms with Crippen molar-refractivity contribution in [2.24, 2.45) is 0 Å². The van der Waals surface area contributed by atoms with E-state index >= 15 is 0 Å². The zero-order valence-electron chi connectivity index (χ0n) is 23.9. The molecule has 12 nitrogen and oxygen atoms in total. The van der Waals surface area contributed by atoms with Crippen LogP contribution in [0, 0.1) is 5.82 Å². The van der Waals surface area contributed by atoms with Crippen LogP contribution in [0.25, 0.3) is 10.9 Å². The van der Waals surface area contributed by atoms with Gasteiger partial charge in [-0.2, -0.15) is 4.68 Å². The van der Waals surface area contributed by atoms with Crippen molar-refractivity contribution in [2.45, 2.75) is 0 Å². The molecule has 45 heavy (non-hydrogen) atoms. The molecule has 6 rings (SSSR count). The fraction of sp³-hybridized carbons (Fsp3) is 0.188. The van der Waals surface area contributed by atoms with E-state index in [1.807, 2.05) is 6.07 Å². The van der Waals surface area contributed by atoms with Crippen molar-refractivity contribution in [1.29, 1.82) is 0 Å². The second kappa shape index (κ2) is 13.3. The quantitative estimate of drug-likeness (QED) is 0.235. The Labute approximate surface area is 256 Å². The first-order valence-electron chi connectivity index (χ1n) is 14.0. The van der Waals surface area contributed by atoms with Gasteiger partial charge in [0.1, 0.15) is 5.82 Å². The van der Waals surface area contributed by atoms with Crippen molar-refractivity contribution < 1.29 is 38.6 Å². The molecular formula is C32H28FN5O7. The molecule has 1 aromatic heterocycles. The topological polar surface area (TPSA) is 153 Å². The summed E-state index contributed by atoms with van der Waals surface area (Å²) in [5.41, 5.74) is 1.82. The van der Waals surface area contributed by atoms with Gasteiger partial charge >= 0.3 is 11.9 Å². The first-order valence-corrected chi connectivity index (χ1v) is 14.0. The van der Waals surface area contributed by atoms with Crippen molar-refractivity contribution in [3.63, 3.8) is 0 Å². The van der Waals surface area contributed by atoms with Gasteiger partial charge in [0, 0.05) is 68.4 Å². The Bertz CT molecular complexity index is 1760. The zero-order valence-corrected chi connectivity index (χ0v) is 23.9. The van der Waals surface area contributed by atoms with Crippen molar-refractivity contribution in [3.8, 4) is 0 Å². The Kier molecular flexibility index (Phi) is 9.09. The lowest BCUT2D eigenvalue weighted by molar-refractivity contribution is -0.134. The van der Waals surface area contributed by atoms with Crippen molar-refractivity contribution in [2.75, 3.05) is 44.2 Å². The van der Waals surface area contributed by atoms with Gasteiger partial charge in [-0.3, -0.25) is 24.2 Å². The Morgan fingerprint density at radius 1 is 0.778 bits per heavy atom. The first kappa shape index (κ1) is 30.8. The lowest BCUT2D eigenvalue weighted by Gasteiger charge is -2.35. The molecule has 3 heterocycles. The number of hydrogen-bond donors (Lipinski definition) is 2. The van der Waals surface area contributed by atoms with Gasteiger partial charge in [-0.25, -0.2) is 14.0 Å². The van der Waals surface area contributed by atoms with Gasteiger partial charge in [0.25, 0.3) is 17.7 Å². The summed E-state index contributed by atoms with van der Waals surface area (Å²) in [6.07, 6.45) is 1.12. The second-order valence-electron chi connectivity index (χ2n) is 10.2. The normalized spacial score (nSPS) is 14.9. The summed E-state index contributed by atoms with van der Waals surface area (Å²) in [6, 6.07) is 20.1. The molecule has 13 heteroatoms. The highest BCUT2D eigenvalue weighted by Crippen LogP contribution is 2.29. The molecule has 2 aliphatic heterocycles. The predicted molar refractivity (Wildman–Crippen MR) is 161 cm³/mol. The van der Waals surface area contributed by atoms with Crippen molar-refractivity contribution in [1.82, 2.24) is 19.6 Å². The number of fused-ring (bicyclic) bond motifs is 2. The molecule has 0 aliphatic carbocycles. The van der Waals surface area contributed by atoms with E-state index in [4.69, 9.17) is 10.2 Å². The van der Waals surface area contributed by atoms with E-state index in [1.165, 1.54) is 21.7 Å². The lowest BCUT2D eigenvalue weighted by atomic mass is 10.1. The number of carboxylic acids is 2. The van der Waals surface area contributed by atoms with Crippen LogP contribution in [0.1, 0.15) is 31.1 Å². The highest BCUT2D eigenvalue weighted by molar-refractivity contribution is 6.21. The number of anilines is 1. The summed E-state index contributed by atoms with van der Waals surface area (Å²) in [6.45, 7) is 3.59. The summed E-state index contributed by atoms with van der Waals surface area (Å²) in [4.78, 5) is 63.2. The van der Waals surface area contributed by atoms with Gasteiger partial charge in [0.2, 0.25) is 0 Å². The van der Waals surface area contributed by atoms with E-state index in [1.54, 1.807) is 54.6 Å². The van der Waals surface area contributed by atoms with Gasteiger partial charge in [-0.15, -0.1) is 5.10 Å². The SMILES string of the molecule is O=C(O)/C=C\C(=O)O.O=C1c2ccccc2C(=O)N1CCN1CCN(c2nn(C(=O)c3ccccc3)c3cc(F)ccc23)CC1. The highest BCUT2D eigenvalue weighted by atomic mass is 19.1. The molecule has 0 spiro atoms. The number of nitrogens with zero attached hydrogens (tertiary/aromatic N) is 5. The summed E-state index contributed by atoms with van der Waals surface area (Å²) in [5.74, 6) is -3.11. The molecule has 0 unspecified atom stereocenters. The van der Waals surface area contributed by atoms with E-state index < -0.39 is 17.8 Å². The third-order valence-corrected chi connectivity index (χ3v) is 7.40. The smallest absolute Gasteiger partial charge is 0.328 e. The van der Waals surface area contributed by atoms with Crippen LogP contribution in [0.2, 0.25) is 0 Å². The number of carbonyl (C=O) groups excluding carboxylic acids is 3. The number of halogens is 1. The highest BCUT2D eigenvalue weighted by Gasteiger charge is 2.35. The van der Waals surface area contributed by atoms with Crippen LogP contribution in [0.4, 0.5) is 10.2 Å². The van der Waals surface area contributed by atoms with Crippen molar-refractivity contribution >= 4 is 46.4 Å². The molecule has 2 aliphatic rings. The number of rotatable bonds is 7. The summed E-state index contributed by atoms with van der Waals surface area (Å²) < 4.78 is 15.4. The monoisotopic (exact) mass is 613 g/mol. The molecule has 2 amide bonds. The molecule has 1 saturated heterocycles. The number of aromatic nitrogens is 2. The minimum atomic E-state index is -1.26. The molecule has 0 saturated carbocycles.